The van der Waals surface area contributed by atoms with Crippen molar-refractivity contribution in [2.45, 2.75) is 0 Å². The molecular weight excluding hydrogens is 266 g/mol. The highest BCUT2D eigenvalue weighted by atomic mass is 16.5. The van der Waals surface area contributed by atoms with Crippen LogP contribution in [0.2, 0.25) is 0 Å². The summed E-state index contributed by atoms with van der Waals surface area (Å²) < 4.78 is 5.84. The number of anilines is 1. The number of nitrogens with two attached hydrogens (primary N) is 1. The molecule has 0 aliphatic heterocycles. The summed E-state index contributed by atoms with van der Waals surface area (Å²) >= 11 is 0. The molecule has 0 spiro atoms. The third-order valence-corrected chi connectivity index (χ3v) is 3.25. The van der Waals surface area contributed by atoms with Gasteiger partial charge in [0.05, 0.1) is 11.3 Å². The van der Waals surface area contributed by atoms with Crippen LogP contribution in [0.25, 0.3) is 10.8 Å². The van der Waals surface area contributed by atoms with Gasteiger partial charge in [0.25, 0.3) is 0 Å². The van der Waals surface area contributed by atoms with Gasteiger partial charge in [0.1, 0.15) is 11.5 Å². The van der Waals surface area contributed by atoms with Crippen LogP contribution in [-0.2, 0) is 0 Å². The molecule has 3 aromatic rings. The number of hydrogen-bond acceptors (Lipinski definition) is 3. The van der Waals surface area contributed by atoms with E-state index in [1.165, 1.54) is 0 Å². The fourth-order valence-corrected chi connectivity index (χ4v) is 2.24. The average molecular weight is 279 g/mol. The number of ether oxygens (including phenoxy) is 1. The van der Waals surface area contributed by atoms with Gasteiger partial charge in [-0.25, -0.2) is 4.79 Å². The van der Waals surface area contributed by atoms with E-state index in [9.17, 15) is 9.90 Å². The van der Waals surface area contributed by atoms with Crippen molar-refractivity contribution in [3.05, 3.63) is 66.2 Å². The third-order valence-electron chi connectivity index (χ3n) is 3.25. The summed E-state index contributed by atoms with van der Waals surface area (Å²) in [5, 5.41) is 10.6. The lowest BCUT2D eigenvalue weighted by atomic mass is 10.0. The number of hydrogen-bond donors (Lipinski definition) is 2. The van der Waals surface area contributed by atoms with Crippen LogP contribution in [0.15, 0.2) is 60.7 Å². The van der Waals surface area contributed by atoms with Crippen molar-refractivity contribution in [2.75, 3.05) is 5.73 Å². The molecule has 0 saturated heterocycles. The second-order valence-corrected chi connectivity index (χ2v) is 4.60. The van der Waals surface area contributed by atoms with Crippen molar-refractivity contribution in [3.8, 4) is 11.5 Å². The predicted molar refractivity (Wildman–Crippen MR) is 81.8 cm³/mol. The van der Waals surface area contributed by atoms with Gasteiger partial charge in [-0.2, -0.15) is 0 Å². The Kier molecular flexibility index (Phi) is 3.20. The second kappa shape index (κ2) is 5.17. The van der Waals surface area contributed by atoms with Crippen molar-refractivity contribution >= 4 is 22.4 Å². The molecule has 3 N–H and O–H groups in total. The SMILES string of the molecule is Nc1ccccc1Oc1ccc(C(=O)O)c2ccccc12. The molecule has 0 bridgehead atoms. The topological polar surface area (TPSA) is 72.5 Å². The van der Waals surface area contributed by atoms with E-state index in [4.69, 9.17) is 10.5 Å². The highest BCUT2D eigenvalue weighted by molar-refractivity contribution is 6.05. The number of carboxylic acids is 1. The fraction of sp³-hybridized carbons (Fsp3) is 0. The summed E-state index contributed by atoms with van der Waals surface area (Å²) in [7, 11) is 0. The van der Waals surface area contributed by atoms with Crippen molar-refractivity contribution in [1.82, 2.24) is 0 Å². The number of aromatic carboxylic acids is 1. The van der Waals surface area contributed by atoms with Gasteiger partial charge in [-0.05, 0) is 29.7 Å². The predicted octanol–water partition coefficient (Wildman–Crippen LogP) is 3.91. The number of benzene rings is 3. The van der Waals surface area contributed by atoms with Gasteiger partial charge >= 0.3 is 5.97 Å². The maximum atomic E-state index is 11.3. The number of nitrogen functional groups attached to an aromatic ring is 1. The molecule has 0 heterocycles. The Hall–Kier alpha value is -3.01. The molecule has 0 aromatic heterocycles. The Morgan fingerprint density at radius 3 is 2.24 bits per heavy atom. The van der Waals surface area contributed by atoms with Crippen molar-refractivity contribution in [2.24, 2.45) is 0 Å². The minimum absolute atomic E-state index is 0.249. The highest BCUT2D eigenvalue weighted by Gasteiger charge is 2.12. The van der Waals surface area contributed by atoms with E-state index in [0.717, 1.165) is 5.39 Å². The van der Waals surface area contributed by atoms with Crippen LogP contribution in [0.1, 0.15) is 10.4 Å². The quantitative estimate of drug-likeness (QED) is 0.713. The fourth-order valence-electron chi connectivity index (χ4n) is 2.24. The molecule has 0 fully saturated rings. The van der Waals surface area contributed by atoms with Gasteiger partial charge < -0.3 is 15.6 Å². The second-order valence-electron chi connectivity index (χ2n) is 4.60. The van der Waals surface area contributed by atoms with Gasteiger partial charge in [-0.1, -0.05) is 36.4 Å². The first-order valence-corrected chi connectivity index (χ1v) is 6.44. The Bertz CT molecular complexity index is 827. The molecule has 0 aliphatic carbocycles. The Morgan fingerprint density at radius 2 is 1.52 bits per heavy atom. The van der Waals surface area contributed by atoms with E-state index in [0.29, 0.717) is 22.6 Å². The van der Waals surface area contributed by atoms with E-state index in [1.807, 2.05) is 24.3 Å². The summed E-state index contributed by atoms with van der Waals surface area (Å²) in [5.74, 6) is 0.163. The van der Waals surface area contributed by atoms with Gasteiger partial charge in [-0.3, -0.25) is 0 Å². The zero-order chi connectivity index (χ0) is 14.8. The maximum Gasteiger partial charge on any atom is 0.336 e. The Labute approximate surface area is 121 Å². The van der Waals surface area contributed by atoms with Crippen LogP contribution in [0, 0.1) is 0 Å². The molecule has 104 valence electrons. The highest BCUT2D eigenvalue weighted by Crippen LogP contribution is 2.34. The summed E-state index contributed by atoms with van der Waals surface area (Å²) in [6.45, 7) is 0. The molecule has 0 aliphatic rings. The lowest BCUT2D eigenvalue weighted by Gasteiger charge is -2.12. The molecule has 0 atom stereocenters. The minimum atomic E-state index is -0.961. The molecule has 0 radical (unpaired) electrons. The van der Waals surface area contributed by atoms with Crippen molar-refractivity contribution < 1.29 is 14.6 Å². The zero-order valence-electron chi connectivity index (χ0n) is 11.1. The minimum Gasteiger partial charge on any atom is -0.478 e. The summed E-state index contributed by atoms with van der Waals surface area (Å²) in [4.78, 5) is 11.3. The lowest BCUT2D eigenvalue weighted by molar-refractivity contribution is 0.0699. The Morgan fingerprint density at radius 1 is 0.857 bits per heavy atom. The van der Waals surface area contributed by atoms with E-state index in [-0.39, 0.29) is 5.56 Å². The van der Waals surface area contributed by atoms with Crippen LogP contribution >= 0.6 is 0 Å². The van der Waals surface area contributed by atoms with Crippen LogP contribution in [0.3, 0.4) is 0 Å². The summed E-state index contributed by atoms with van der Waals surface area (Å²) in [6, 6.07) is 17.6. The molecule has 0 amide bonds. The number of carboxylic acid groups (broad SMARTS) is 1. The molecule has 0 saturated carbocycles. The number of carbonyl (C=O) groups is 1. The Balaban J connectivity index is 2.14. The summed E-state index contributed by atoms with van der Waals surface area (Å²) in [5.41, 5.74) is 6.65. The summed E-state index contributed by atoms with van der Waals surface area (Å²) in [6.07, 6.45) is 0. The van der Waals surface area contributed by atoms with Gasteiger partial charge in [0.15, 0.2) is 0 Å². The molecule has 4 nitrogen and oxygen atoms in total. The van der Waals surface area contributed by atoms with Gasteiger partial charge in [0.2, 0.25) is 0 Å². The van der Waals surface area contributed by atoms with E-state index >= 15 is 0 Å². The largest absolute Gasteiger partial charge is 0.478 e. The number of fused-ring (bicyclic) bond motifs is 1. The third kappa shape index (κ3) is 2.39. The van der Waals surface area contributed by atoms with Crippen molar-refractivity contribution in [3.63, 3.8) is 0 Å². The normalized spacial score (nSPS) is 10.5. The first kappa shape index (κ1) is 13.0. The smallest absolute Gasteiger partial charge is 0.336 e. The number of rotatable bonds is 3. The van der Waals surface area contributed by atoms with E-state index < -0.39 is 5.97 Å². The van der Waals surface area contributed by atoms with Crippen LogP contribution in [0.5, 0.6) is 11.5 Å². The zero-order valence-corrected chi connectivity index (χ0v) is 11.1. The van der Waals surface area contributed by atoms with Gasteiger partial charge in [0, 0.05) is 5.39 Å². The van der Waals surface area contributed by atoms with E-state index in [1.54, 1.807) is 36.4 Å². The molecule has 3 aromatic carbocycles. The van der Waals surface area contributed by atoms with Crippen LogP contribution in [0.4, 0.5) is 5.69 Å². The molecule has 4 heteroatoms. The molecular formula is C17H13NO3. The van der Waals surface area contributed by atoms with Crippen LogP contribution in [-0.4, -0.2) is 11.1 Å². The molecule has 0 unspecified atom stereocenters. The molecule has 3 rings (SSSR count). The first-order valence-electron chi connectivity index (χ1n) is 6.44. The van der Waals surface area contributed by atoms with E-state index in [2.05, 4.69) is 0 Å². The first-order chi connectivity index (χ1) is 10.2. The maximum absolute atomic E-state index is 11.3. The monoisotopic (exact) mass is 279 g/mol. The number of para-hydroxylation sites is 2. The lowest BCUT2D eigenvalue weighted by Crippen LogP contribution is -1.98. The van der Waals surface area contributed by atoms with Crippen molar-refractivity contribution in [1.29, 1.82) is 0 Å². The molecule has 21 heavy (non-hydrogen) atoms. The van der Waals surface area contributed by atoms with Crippen LogP contribution < -0.4 is 10.5 Å². The van der Waals surface area contributed by atoms with Gasteiger partial charge in [-0.15, -0.1) is 0 Å². The standard InChI is InChI=1S/C17H13NO3/c18-14-7-3-4-8-16(14)21-15-10-9-13(17(19)20)11-5-1-2-6-12(11)15/h1-10H,18H2,(H,19,20). The average Bonchev–Trinajstić information content (AvgIpc) is 2.49.